The molecule has 6 heteroatoms. The Morgan fingerprint density at radius 2 is 1.92 bits per heavy atom. The summed E-state index contributed by atoms with van der Waals surface area (Å²) in [5, 5.41) is 8.56. The van der Waals surface area contributed by atoms with E-state index in [0.29, 0.717) is 5.95 Å². The Morgan fingerprint density at radius 1 is 1.17 bits per heavy atom. The number of anilines is 2. The highest BCUT2D eigenvalue weighted by atomic mass is 35.5. The van der Waals surface area contributed by atoms with Crippen molar-refractivity contribution in [3.8, 4) is 0 Å². The van der Waals surface area contributed by atoms with Crippen molar-refractivity contribution in [1.82, 2.24) is 14.8 Å². The van der Waals surface area contributed by atoms with Crippen LogP contribution < -0.4 is 11.1 Å². The zero-order valence-electron chi connectivity index (χ0n) is 13.3. The normalized spacial score (nSPS) is 19.6. The first-order chi connectivity index (χ1) is 11.6. The molecule has 0 unspecified atom stereocenters. The van der Waals surface area contributed by atoms with Crippen LogP contribution in [-0.2, 0) is 0 Å². The van der Waals surface area contributed by atoms with Crippen molar-refractivity contribution in [2.24, 2.45) is 0 Å². The van der Waals surface area contributed by atoms with Crippen LogP contribution in [0.15, 0.2) is 48.5 Å². The van der Waals surface area contributed by atoms with Crippen LogP contribution >= 0.6 is 11.6 Å². The lowest BCUT2D eigenvalue weighted by molar-refractivity contribution is 0.430. The van der Waals surface area contributed by atoms with Gasteiger partial charge in [0.1, 0.15) is 0 Å². The minimum absolute atomic E-state index is 0.0907. The molecule has 4 rings (SSSR count). The van der Waals surface area contributed by atoms with Crippen LogP contribution in [0.4, 0.5) is 11.9 Å². The molecule has 0 saturated heterocycles. The minimum atomic E-state index is 0.0907. The van der Waals surface area contributed by atoms with Gasteiger partial charge in [-0.1, -0.05) is 48.0 Å². The summed E-state index contributed by atoms with van der Waals surface area (Å²) in [7, 11) is 0. The Hall–Kier alpha value is -2.53. The second kappa shape index (κ2) is 5.83. The summed E-state index contributed by atoms with van der Waals surface area (Å²) in [6.07, 6.45) is 0.863. The lowest BCUT2D eigenvalue weighted by Gasteiger charge is -2.32. The number of rotatable bonds is 2. The predicted octanol–water partition coefficient (Wildman–Crippen LogP) is 3.97. The molecule has 0 saturated carbocycles. The molecule has 0 aliphatic carbocycles. The Labute approximate surface area is 145 Å². The SMILES string of the molecule is Cc1ccccc1[C@H]1C[C@H](c2ccc(Cl)cc2)Nc2nc(N)nn21. The van der Waals surface area contributed by atoms with Gasteiger partial charge in [-0.2, -0.15) is 4.98 Å². The number of fused-ring (bicyclic) bond motifs is 1. The summed E-state index contributed by atoms with van der Waals surface area (Å²) >= 11 is 6.02. The van der Waals surface area contributed by atoms with Gasteiger partial charge >= 0.3 is 0 Å². The van der Waals surface area contributed by atoms with Gasteiger partial charge in [-0.15, -0.1) is 5.10 Å². The topological polar surface area (TPSA) is 68.8 Å². The molecule has 2 heterocycles. The Balaban J connectivity index is 1.78. The van der Waals surface area contributed by atoms with E-state index in [4.69, 9.17) is 17.3 Å². The van der Waals surface area contributed by atoms with Gasteiger partial charge in [0, 0.05) is 5.02 Å². The quantitative estimate of drug-likeness (QED) is 0.741. The maximum absolute atomic E-state index is 6.02. The van der Waals surface area contributed by atoms with Crippen LogP contribution in [0, 0.1) is 6.92 Å². The number of hydrogen-bond acceptors (Lipinski definition) is 4. The summed E-state index contributed by atoms with van der Waals surface area (Å²) in [5.41, 5.74) is 9.49. The van der Waals surface area contributed by atoms with Crippen molar-refractivity contribution in [2.75, 3.05) is 11.1 Å². The Kier molecular flexibility index (Phi) is 3.65. The summed E-state index contributed by atoms with van der Waals surface area (Å²) in [6, 6.07) is 16.5. The third kappa shape index (κ3) is 2.61. The second-order valence-electron chi connectivity index (χ2n) is 6.09. The molecule has 2 atom stereocenters. The average Bonchev–Trinajstić information content (AvgIpc) is 2.95. The van der Waals surface area contributed by atoms with Crippen molar-refractivity contribution in [3.63, 3.8) is 0 Å². The molecule has 1 aromatic heterocycles. The largest absolute Gasteiger partial charge is 0.366 e. The van der Waals surface area contributed by atoms with Gasteiger partial charge in [0.25, 0.3) is 0 Å². The molecule has 1 aliphatic rings. The molecule has 5 nitrogen and oxygen atoms in total. The van der Waals surface area contributed by atoms with E-state index in [1.54, 1.807) is 0 Å². The minimum Gasteiger partial charge on any atom is -0.366 e. The van der Waals surface area contributed by atoms with E-state index in [-0.39, 0.29) is 18.0 Å². The monoisotopic (exact) mass is 339 g/mol. The average molecular weight is 340 g/mol. The first-order valence-electron chi connectivity index (χ1n) is 7.91. The van der Waals surface area contributed by atoms with E-state index >= 15 is 0 Å². The molecule has 3 aromatic rings. The second-order valence-corrected chi connectivity index (χ2v) is 6.53. The molecular formula is C18H18ClN5. The maximum atomic E-state index is 6.02. The fourth-order valence-electron chi connectivity index (χ4n) is 3.33. The van der Waals surface area contributed by atoms with Crippen LogP contribution in [0.2, 0.25) is 5.02 Å². The van der Waals surface area contributed by atoms with Crippen molar-refractivity contribution < 1.29 is 0 Å². The van der Waals surface area contributed by atoms with Crippen molar-refractivity contribution in [2.45, 2.75) is 25.4 Å². The fourth-order valence-corrected chi connectivity index (χ4v) is 3.45. The van der Waals surface area contributed by atoms with Crippen LogP contribution in [0.5, 0.6) is 0 Å². The van der Waals surface area contributed by atoms with Crippen molar-refractivity contribution in [3.05, 3.63) is 70.2 Å². The summed E-state index contributed by atoms with van der Waals surface area (Å²) in [5.74, 6) is 0.986. The molecule has 0 radical (unpaired) electrons. The molecule has 24 heavy (non-hydrogen) atoms. The van der Waals surface area contributed by atoms with E-state index in [1.165, 1.54) is 16.7 Å². The molecule has 0 amide bonds. The lowest BCUT2D eigenvalue weighted by Crippen LogP contribution is -2.28. The standard InChI is InChI=1S/C18H18ClN5/c1-11-4-2-3-5-14(11)16-10-15(12-6-8-13(19)9-7-12)21-18-22-17(20)23-24(16)18/h2-9,15-16H,10H2,1H3,(H3,20,21,22,23)/t15-,16-/m1/s1. The number of nitrogen functional groups attached to an aromatic ring is 1. The zero-order chi connectivity index (χ0) is 16.7. The third-order valence-electron chi connectivity index (χ3n) is 4.52. The van der Waals surface area contributed by atoms with Crippen LogP contribution in [0.25, 0.3) is 0 Å². The van der Waals surface area contributed by atoms with Crippen molar-refractivity contribution >= 4 is 23.5 Å². The number of nitrogens with one attached hydrogen (secondary N) is 1. The van der Waals surface area contributed by atoms with Gasteiger partial charge in [-0.3, -0.25) is 0 Å². The first-order valence-corrected chi connectivity index (χ1v) is 8.29. The predicted molar refractivity (Wildman–Crippen MR) is 96.2 cm³/mol. The smallest absolute Gasteiger partial charge is 0.241 e. The van der Waals surface area contributed by atoms with Crippen LogP contribution in [-0.4, -0.2) is 14.8 Å². The van der Waals surface area contributed by atoms with Gasteiger partial charge in [0.15, 0.2) is 0 Å². The number of aryl methyl sites for hydroxylation is 1. The Bertz CT molecular complexity index is 871. The molecule has 0 spiro atoms. The lowest BCUT2D eigenvalue weighted by atomic mass is 9.91. The van der Waals surface area contributed by atoms with E-state index in [9.17, 15) is 0 Å². The number of benzene rings is 2. The molecule has 1 aliphatic heterocycles. The van der Waals surface area contributed by atoms with Gasteiger partial charge in [0.05, 0.1) is 12.1 Å². The van der Waals surface area contributed by atoms with E-state index in [1.807, 2.05) is 35.0 Å². The van der Waals surface area contributed by atoms with E-state index in [0.717, 1.165) is 11.4 Å². The maximum Gasteiger partial charge on any atom is 0.241 e. The van der Waals surface area contributed by atoms with Crippen LogP contribution in [0.3, 0.4) is 0 Å². The zero-order valence-corrected chi connectivity index (χ0v) is 14.0. The fraction of sp³-hybridized carbons (Fsp3) is 0.222. The number of hydrogen-bond donors (Lipinski definition) is 2. The highest BCUT2D eigenvalue weighted by Crippen LogP contribution is 2.39. The van der Waals surface area contributed by atoms with Gasteiger partial charge in [-0.25, -0.2) is 4.68 Å². The summed E-state index contributed by atoms with van der Waals surface area (Å²) in [6.45, 7) is 2.12. The highest BCUT2D eigenvalue weighted by Gasteiger charge is 2.31. The summed E-state index contributed by atoms with van der Waals surface area (Å²) in [4.78, 5) is 4.34. The number of nitrogens with two attached hydrogens (primary N) is 1. The number of nitrogens with zero attached hydrogens (tertiary/aromatic N) is 3. The first kappa shape index (κ1) is 15.0. The molecule has 122 valence electrons. The van der Waals surface area contributed by atoms with E-state index in [2.05, 4.69) is 40.5 Å². The molecular weight excluding hydrogens is 322 g/mol. The summed E-state index contributed by atoms with van der Waals surface area (Å²) < 4.78 is 1.89. The van der Waals surface area contributed by atoms with Gasteiger partial charge < -0.3 is 11.1 Å². The molecule has 0 bridgehead atoms. The molecule has 2 aromatic carbocycles. The van der Waals surface area contributed by atoms with Gasteiger partial charge in [0.2, 0.25) is 11.9 Å². The number of aromatic nitrogens is 3. The number of halogens is 1. The van der Waals surface area contributed by atoms with E-state index < -0.39 is 0 Å². The third-order valence-corrected chi connectivity index (χ3v) is 4.78. The highest BCUT2D eigenvalue weighted by molar-refractivity contribution is 6.30. The molecule has 0 fully saturated rings. The Morgan fingerprint density at radius 3 is 2.67 bits per heavy atom. The van der Waals surface area contributed by atoms with Gasteiger partial charge in [-0.05, 0) is 42.2 Å². The van der Waals surface area contributed by atoms with Crippen LogP contribution in [0.1, 0.15) is 35.2 Å². The van der Waals surface area contributed by atoms with Crippen molar-refractivity contribution in [1.29, 1.82) is 0 Å². The molecule has 3 N–H and O–H groups in total.